The number of hydrogen-bond acceptors (Lipinski definition) is 4. The number of carbonyl (C=O) groups excluding carboxylic acids is 1. The van der Waals surface area contributed by atoms with E-state index in [0.717, 1.165) is 22.6 Å². The first-order chi connectivity index (χ1) is 12.7. The highest BCUT2D eigenvalue weighted by Gasteiger charge is 2.37. The van der Waals surface area contributed by atoms with Crippen LogP contribution >= 0.6 is 11.3 Å². The predicted molar refractivity (Wildman–Crippen MR) is 99.5 cm³/mol. The molecular weight excluding hydrogens is 348 g/mol. The van der Waals surface area contributed by atoms with E-state index in [1.807, 2.05) is 33.0 Å². The van der Waals surface area contributed by atoms with Crippen molar-refractivity contribution in [1.29, 1.82) is 0 Å². The van der Waals surface area contributed by atoms with Crippen LogP contribution in [0.25, 0.3) is 10.4 Å². The van der Waals surface area contributed by atoms with Crippen LogP contribution in [0.3, 0.4) is 0 Å². The molecular formula is C20H18N2O3S. The van der Waals surface area contributed by atoms with Gasteiger partial charge >= 0.3 is 0 Å². The van der Waals surface area contributed by atoms with E-state index in [9.17, 15) is 9.59 Å². The molecule has 5 heterocycles. The maximum absolute atomic E-state index is 13.0. The van der Waals surface area contributed by atoms with E-state index in [-0.39, 0.29) is 17.4 Å². The highest BCUT2D eigenvalue weighted by molar-refractivity contribution is 7.13. The van der Waals surface area contributed by atoms with Crippen molar-refractivity contribution in [2.45, 2.75) is 18.9 Å². The Morgan fingerprint density at radius 2 is 2.04 bits per heavy atom. The zero-order valence-electron chi connectivity index (χ0n) is 14.1. The summed E-state index contributed by atoms with van der Waals surface area (Å²) in [4.78, 5) is 28.5. The number of hydrogen-bond donors (Lipinski definition) is 0. The van der Waals surface area contributed by atoms with Crippen LogP contribution < -0.4 is 5.56 Å². The average Bonchev–Trinajstić information content (AvgIpc) is 3.36. The summed E-state index contributed by atoms with van der Waals surface area (Å²) in [5.41, 5.74) is 1.90. The van der Waals surface area contributed by atoms with Gasteiger partial charge in [0.25, 0.3) is 11.5 Å². The van der Waals surface area contributed by atoms with Gasteiger partial charge in [-0.1, -0.05) is 6.07 Å². The van der Waals surface area contributed by atoms with Gasteiger partial charge in [0.1, 0.15) is 0 Å². The van der Waals surface area contributed by atoms with Crippen molar-refractivity contribution in [1.82, 2.24) is 9.47 Å². The summed E-state index contributed by atoms with van der Waals surface area (Å²) < 4.78 is 7.20. The summed E-state index contributed by atoms with van der Waals surface area (Å²) in [5, 5.41) is 1.99. The monoisotopic (exact) mass is 366 g/mol. The number of pyridine rings is 1. The van der Waals surface area contributed by atoms with Crippen LogP contribution in [0, 0.1) is 5.92 Å². The molecule has 1 amide bonds. The molecule has 6 heteroatoms. The molecule has 5 nitrogen and oxygen atoms in total. The van der Waals surface area contributed by atoms with Gasteiger partial charge < -0.3 is 13.9 Å². The van der Waals surface area contributed by atoms with Crippen LogP contribution in [-0.2, 0) is 6.54 Å². The van der Waals surface area contributed by atoms with E-state index in [0.29, 0.717) is 31.3 Å². The molecule has 2 bridgehead atoms. The lowest BCUT2D eigenvalue weighted by molar-refractivity contribution is 0.0564. The molecule has 26 heavy (non-hydrogen) atoms. The van der Waals surface area contributed by atoms with Gasteiger partial charge in [0.05, 0.1) is 11.8 Å². The Morgan fingerprint density at radius 1 is 1.12 bits per heavy atom. The summed E-state index contributed by atoms with van der Waals surface area (Å²) >= 11 is 1.59. The number of fused-ring (bicyclic) bond motifs is 4. The molecule has 2 atom stereocenters. The Morgan fingerprint density at radius 3 is 2.81 bits per heavy atom. The third-order valence-corrected chi connectivity index (χ3v) is 6.31. The van der Waals surface area contributed by atoms with Crippen LogP contribution in [0.15, 0.2) is 57.3 Å². The van der Waals surface area contributed by atoms with E-state index in [4.69, 9.17) is 4.42 Å². The van der Waals surface area contributed by atoms with E-state index in [2.05, 4.69) is 6.07 Å². The molecule has 0 unspecified atom stereocenters. The zero-order valence-corrected chi connectivity index (χ0v) is 14.9. The first kappa shape index (κ1) is 15.6. The Hall–Kier alpha value is -2.60. The first-order valence-corrected chi connectivity index (χ1v) is 9.69. The molecule has 0 spiro atoms. The smallest absolute Gasteiger partial charge is 0.289 e. The second-order valence-corrected chi connectivity index (χ2v) is 8.00. The SMILES string of the molecule is O=C(c1ccco1)N1C[C@H]2C[C@H](C1)c1ccc(-c3cccs3)c(=O)n1C2. The molecule has 132 valence electrons. The highest BCUT2D eigenvalue weighted by atomic mass is 32.1. The van der Waals surface area contributed by atoms with E-state index in [1.165, 1.54) is 6.26 Å². The van der Waals surface area contributed by atoms with E-state index >= 15 is 0 Å². The van der Waals surface area contributed by atoms with Crippen LogP contribution in [0.1, 0.15) is 28.6 Å². The number of likely N-dealkylation sites (tertiary alicyclic amines) is 1. The Balaban J connectivity index is 1.49. The molecule has 2 aliphatic rings. The van der Waals surface area contributed by atoms with Crippen LogP contribution in [0.4, 0.5) is 0 Å². The lowest BCUT2D eigenvalue weighted by atomic mass is 9.83. The number of piperidine rings is 1. The van der Waals surface area contributed by atoms with Crippen molar-refractivity contribution in [2.75, 3.05) is 13.1 Å². The molecule has 0 N–H and O–H groups in total. The van der Waals surface area contributed by atoms with Crippen molar-refractivity contribution in [2.24, 2.45) is 5.92 Å². The third kappa shape index (κ3) is 2.44. The summed E-state index contributed by atoms with van der Waals surface area (Å²) in [6.45, 7) is 1.98. The standard InChI is InChI=1S/C20H18N2O3S/c23-19-15(18-4-2-8-26-18)5-6-16-14-9-13(11-22(16)19)10-21(12-14)20(24)17-3-1-7-25-17/h1-8,13-14H,9-12H2/t13-,14-/m1/s1. The number of amides is 1. The van der Waals surface area contributed by atoms with Crippen LogP contribution in [0.2, 0.25) is 0 Å². The van der Waals surface area contributed by atoms with Crippen LogP contribution in [0.5, 0.6) is 0 Å². The Kier molecular flexibility index (Phi) is 3.60. The van der Waals surface area contributed by atoms with Crippen molar-refractivity contribution < 1.29 is 9.21 Å². The van der Waals surface area contributed by atoms with Gasteiger partial charge in [-0.15, -0.1) is 11.3 Å². The molecule has 2 aliphatic heterocycles. The summed E-state index contributed by atoms with van der Waals surface area (Å²) in [6, 6.07) is 11.4. The Labute approximate surface area is 154 Å². The highest BCUT2D eigenvalue weighted by Crippen LogP contribution is 2.36. The van der Waals surface area contributed by atoms with Crippen molar-refractivity contribution in [3.8, 4) is 10.4 Å². The van der Waals surface area contributed by atoms with Gasteiger partial charge in [-0.2, -0.15) is 0 Å². The fraction of sp³-hybridized carbons (Fsp3) is 0.300. The number of aromatic nitrogens is 1. The van der Waals surface area contributed by atoms with Crippen molar-refractivity contribution in [3.63, 3.8) is 0 Å². The molecule has 0 aromatic carbocycles. The topological polar surface area (TPSA) is 55.5 Å². The van der Waals surface area contributed by atoms with Crippen molar-refractivity contribution in [3.05, 3.63) is 69.8 Å². The number of thiophene rings is 1. The Bertz CT molecular complexity index is 1000. The predicted octanol–water partition coefficient (Wildman–Crippen LogP) is 3.43. The molecule has 0 aliphatic carbocycles. The van der Waals surface area contributed by atoms with Gasteiger partial charge in [0.15, 0.2) is 5.76 Å². The van der Waals surface area contributed by atoms with E-state index in [1.54, 1.807) is 23.5 Å². The lowest BCUT2D eigenvalue weighted by Crippen LogP contribution is -2.49. The maximum atomic E-state index is 13.0. The molecule has 1 fully saturated rings. The van der Waals surface area contributed by atoms with E-state index < -0.39 is 0 Å². The minimum absolute atomic E-state index is 0.0595. The fourth-order valence-electron chi connectivity index (χ4n) is 4.29. The van der Waals surface area contributed by atoms with Crippen molar-refractivity contribution >= 4 is 17.2 Å². The van der Waals surface area contributed by atoms with Gasteiger partial charge in [-0.25, -0.2) is 0 Å². The van der Waals surface area contributed by atoms with Crippen LogP contribution in [-0.4, -0.2) is 28.5 Å². The summed E-state index contributed by atoms with van der Waals surface area (Å²) in [7, 11) is 0. The molecule has 3 aromatic rings. The fourth-order valence-corrected chi connectivity index (χ4v) is 5.03. The number of carbonyl (C=O) groups is 1. The second-order valence-electron chi connectivity index (χ2n) is 7.05. The number of nitrogens with zero attached hydrogens (tertiary/aromatic N) is 2. The zero-order chi connectivity index (χ0) is 17.7. The lowest BCUT2D eigenvalue weighted by Gasteiger charge is -2.42. The van der Waals surface area contributed by atoms with Gasteiger partial charge in [-0.3, -0.25) is 9.59 Å². The molecule has 3 aromatic heterocycles. The maximum Gasteiger partial charge on any atom is 0.289 e. The largest absolute Gasteiger partial charge is 0.459 e. The summed E-state index contributed by atoms with van der Waals surface area (Å²) in [5.74, 6) is 0.828. The first-order valence-electron chi connectivity index (χ1n) is 8.81. The average molecular weight is 366 g/mol. The summed E-state index contributed by atoms with van der Waals surface area (Å²) in [6.07, 6.45) is 2.55. The molecule has 0 saturated carbocycles. The van der Waals surface area contributed by atoms with Gasteiger partial charge in [-0.05, 0) is 48.1 Å². The second kappa shape index (κ2) is 5.99. The quantitative estimate of drug-likeness (QED) is 0.698. The number of furan rings is 1. The molecule has 5 rings (SSSR count). The normalized spacial score (nSPS) is 21.5. The molecule has 1 saturated heterocycles. The minimum Gasteiger partial charge on any atom is -0.459 e. The van der Waals surface area contributed by atoms with Gasteiger partial charge in [0.2, 0.25) is 0 Å². The third-order valence-electron chi connectivity index (χ3n) is 5.41. The number of rotatable bonds is 2. The molecule has 0 radical (unpaired) electrons. The van der Waals surface area contributed by atoms with Gasteiger partial charge in [0, 0.05) is 36.1 Å². The minimum atomic E-state index is -0.0595.